The maximum absolute atomic E-state index is 13.2. The third kappa shape index (κ3) is 2.98. The van der Waals surface area contributed by atoms with Gasteiger partial charge in [0.2, 0.25) is 0 Å². The average Bonchev–Trinajstić information content (AvgIpc) is 2.56. The molecule has 3 aromatic rings. The zero-order valence-electron chi connectivity index (χ0n) is 11.5. The molecule has 4 nitrogen and oxygen atoms in total. The van der Waals surface area contributed by atoms with Crippen LogP contribution in [-0.4, -0.2) is 15.9 Å². The van der Waals surface area contributed by atoms with Crippen molar-refractivity contribution >= 4 is 11.6 Å². The van der Waals surface area contributed by atoms with E-state index in [2.05, 4.69) is 15.3 Å². The van der Waals surface area contributed by atoms with Gasteiger partial charge in [0, 0.05) is 17.4 Å². The van der Waals surface area contributed by atoms with Crippen LogP contribution in [0.15, 0.2) is 67.1 Å². The molecule has 0 unspecified atom stereocenters. The Morgan fingerprint density at radius 3 is 2.64 bits per heavy atom. The number of benzene rings is 2. The first-order valence-electron chi connectivity index (χ1n) is 6.66. The van der Waals surface area contributed by atoms with Gasteiger partial charge in [-0.05, 0) is 18.2 Å². The number of carbonyl (C=O) groups is 1. The molecule has 108 valence electrons. The third-order valence-electron chi connectivity index (χ3n) is 3.09. The van der Waals surface area contributed by atoms with Crippen molar-refractivity contribution in [1.29, 1.82) is 0 Å². The van der Waals surface area contributed by atoms with Crippen molar-refractivity contribution in [2.75, 3.05) is 5.32 Å². The van der Waals surface area contributed by atoms with Crippen LogP contribution in [0, 0.1) is 5.82 Å². The van der Waals surface area contributed by atoms with Crippen molar-refractivity contribution in [3.8, 4) is 11.3 Å². The topological polar surface area (TPSA) is 54.9 Å². The van der Waals surface area contributed by atoms with Crippen LogP contribution < -0.4 is 5.32 Å². The minimum absolute atomic E-state index is 0.331. The van der Waals surface area contributed by atoms with Crippen LogP contribution >= 0.6 is 0 Å². The number of rotatable bonds is 3. The van der Waals surface area contributed by atoms with Gasteiger partial charge in [0.15, 0.2) is 0 Å². The summed E-state index contributed by atoms with van der Waals surface area (Å²) in [6, 6.07) is 15.1. The van der Waals surface area contributed by atoms with E-state index in [-0.39, 0.29) is 5.91 Å². The number of nitrogens with zero attached hydrogens (tertiary/aromatic N) is 2. The molecule has 0 spiro atoms. The molecule has 0 aliphatic rings. The lowest BCUT2D eigenvalue weighted by Gasteiger charge is -2.09. The Labute approximate surface area is 126 Å². The molecular formula is C17H12FN3O. The number of hydrogen-bond donors (Lipinski definition) is 1. The van der Waals surface area contributed by atoms with Gasteiger partial charge in [0.05, 0.1) is 11.3 Å². The molecular weight excluding hydrogens is 281 g/mol. The minimum Gasteiger partial charge on any atom is -0.322 e. The Balaban J connectivity index is 1.93. The van der Waals surface area contributed by atoms with Gasteiger partial charge < -0.3 is 5.32 Å². The first-order valence-corrected chi connectivity index (χ1v) is 6.66. The molecule has 0 aliphatic heterocycles. The average molecular weight is 293 g/mol. The van der Waals surface area contributed by atoms with Gasteiger partial charge in [0.25, 0.3) is 5.91 Å². The molecule has 3 rings (SSSR count). The summed E-state index contributed by atoms with van der Waals surface area (Å²) in [5, 5.41) is 2.65. The highest BCUT2D eigenvalue weighted by atomic mass is 19.1. The molecule has 0 radical (unpaired) electrons. The summed E-state index contributed by atoms with van der Waals surface area (Å²) >= 11 is 0. The molecule has 1 aromatic heterocycles. The van der Waals surface area contributed by atoms with E-state index in [1.165, 1.54) is 30.7 Å². The van der Waals surface area contributed by atoms with E-state index in [1.54, 1.807) is 6.07 Å². The highest BCUT2D eigenvalue weighted by molar-refractivity contribution is 6.07. The summed E-state index contributed by atoms with van der Waals surface area (Å²) in [4.78, 5) is 20.5. The van der Waals surface area contributed by atoms with Crippen LogP contribution in [0.1, 0.15) is 10.4 Å². The summed E-state index contributed by atoms with van der Waals surface area (Å²) in [7, 11) is 0. The van der Waals surface area contributed by atoms with Gasteiger partial charge in [-0.25, -0.2) is 14.4 Å². The fraction of sp³-hybridized carbons (Fsp3) is 0. The normalized spacial score (nSPS) is 10.2. The largest absolute Gasteiger partial charge is 0.322 e. The third-order valence-corrected chi connectivity index (χ3v) is 3.09. The summed E-state index contributed by atoms with van der Waals surface area (Å²) < 4.78 is 13.2. The van der Waals surface area contributed by atoms with E-state index in [9.17, 15) is 9.18 Å². The first kappa shape index (κ1) is 13.9. The molecule has 0 bridgehead atoms. The Hall–Kier alpha value is -3.08. The van der Waals surface area contributed by atoms with Crippen LogP contribution in [0.2, 0.25) is 0 Å². The molecule has 1 heterocycles. The second kappa shape index (κ2) is 6.13. The van der Waals surface area contributed by atoms with Crippen molar-refractivity contribution in [2.24, 2.45) is 0 Å². The SMILES string of the molecule is O=C(Nc1cccc(F)c1)c1cncnc1-c1ccccc1. The van der Waals surface area contributed by atoms with Crippen LogP contribution in [0.5, 0.6) is 0 Å². The maximum Gasteiger partial charge on any atom is 0.259 e. The van der Waals surface area contributed by atoms with Gasteiger partial charge in [-0.3, -0.25) is 4.79 Å². The highest BCUT2D eigenvalue weighted by Gasteiger charge is 2.14. The van der Waals surface area contributed by atoms with Crippen LogP contribution in [-0.2, 0) is 0 Å². The van der Waals surface area contributed by atoms with Gasteiger partial charge in [0.1, 0.15) is 12.1 Å². The summed E-state index contributed by atoms with van der Waals surface area (Å²) in [5.74, 6) is -0.796. The van der Waals surface area contributed by atoms with E-state index in [0.29, 0.717) is 16.9 Å². The van der Waals surface area contributed by atoms with E-state index >= 15 is 0 Å². The number of nitrogens with one attached hydrogen (secondary N) is 1. The number of halogens is 1. The van der Waals surface area contributed by atoms with E-state index in [4.69, 9.17) is 0 Å². The molecule has 2 aromatic carbocycles. The van der Waals surface area contributed by atoms with Crippen molar-refractivity contribution in [1.82, 2.24) is 9.97 Å². The summed E-state index contributed by atoms with van der Waals surface area (Å²) in [6.07, 6.45) is 2.84. The number of amides is 1. The van der Waals surface area contributed by atoms with Crippen molar-refractivity contribution in [2.45, 2.75) is 0 Å². The summed E-state index contributed by atoms with van der Waals surface area (Å²) in [5.41, 5.74) is 2.06. The Bertz CT molecular complexity index is 806. The number of hydrogen-bond acceptors (Lipinski definition) is 3. The number of carbonyl (C=O) groups excluding carboxylic acids is 1. The monoisotopic (exact) mass is 293 g/mol. The number of anilines is 1. The van der Waals surface area contributed by atoms with Gasteiger partial charge >= 0.3 is 0 Å². The lowest BCUT2D eigenvalue weighted by Crippen LogP contribution is -2.14. The molecule has 22 heavy (non-hydrogen) atoms. The molecule has 0 aliphatic carbocycles. The van der Waals surface area contributed by atoms with Crippen LogP contribution in [0.3, 0.4) is 0 Å². The maximum atomic E-state index is 13.2. The molecule has 0 saturated carbocycles. The minimum atomic E-state index is -0.412. The smallest absolute Gasteiger partial charge is 0.259 e. The lowest BCUT2D eigenvalue weighted by molar-refractivity contribution is 0.102. The van der Waals surface area contributed by atoms with Gasteiger partial charge in [-0.1, -0.05) is 36.4 Å². The lowest BCUT2D eigenvalue weighted by atomic mass is 10.1. The van der Waals surface area contributed by atoms with E-state index in [0.717, 1.165) is 5.56 Å². The molecule has 1 N–H and O–H groups in total. The van der Waals surface area contributed by atoms with Gasteiger partial charge in [-0.2, -0.15) is 0 Å². The Morgan fingerprint density at radius 1 is 1.05 bits per heavy atom. The first-order chi connectivity index (χ1) is 10.7. The Kier molecular flexibility index (Phi) is 3.87. The van der Waals surface area contributed by atoms with Crippen molar-refractivity contribution < 1.29 is 9.18 Å². The van der Waals surface area contributed by atoms with Gasteiger partial charge in [-0.15, -0.1) is 0 Å². The van der Waals surface area contributed by atoms with Crippen molar-refractivity contribution in [3.63, 3.8) is 0 Å². The fourth-order valence-corrected chi connectivity index (χ4v) is 2.09. The quantitative estimate of drug-likeness (QED) is 0.803. The zero-order valence-corrected chi connectivity index (χ0v) is 11.5. The van der Waals surface area contributed by atoms with Crippen LogP contribution in [0.4, 0.5) is 10.1 Å². The molecule has 0 atom stereocenters. The van der Waals surface area contributed by atoms with E-state index < -0.39 is 5.82 Å². The van der Waals surface area contributed by atoms with E-state index in [1.807, 2.05) is 30.3 Å². The standard InChI is InChI=1S/C17H12FN3O/c18-13-7-4-8-14(9-13)21-17(22)15-10-19-11-20-16(15)12-5-2-1-3-6-12/h1-11H,(H,21,22). The Morgan fingerprint density at radius 2 is 1.86 bits per heavy atom. The highest BCUT2D eigenvalue weighted by Crippen LogP contribution is 2.21. The molecule has 0 saturated heterocycles. The zero-order chi connectivity index (χ0) is 15.4. The summed E-state index contributed by atoms with van der Waals surface area (Å²) in [6.45, 7) is 0. The predicted molar refractivity (Wildman–Crippen MR) is 81.8 cm³/mol. The predicted octanol–water partition coefficient (Wildman–Crippen LogP) is 3.54. The fourth-order valence-electron chi connectivity index (χ4n) is 2.09. The second-order valence-corrected chi connectivity index (χ2v) is 4.62. The molecule has 0 fully saturated rings. The number of aromatic nitrogens is 2. The second-order valence-electron chi connectivity index (χ2n) is 4.62. The van der Waals surface area contributed by atoms with Crippen molar-refractivity contribution in [3.05, 3.63) is 78.5 Å². The molecule has 1 amide bonds. The van der Waals surface area contributed by atoms with Crippen LogP contribution in [0.25, 0.3) is 11.3 Å². The molecule has 5 heteroatoms.